The van der Waals surface area contributed by atoms with E-state index in [2.05, 4.69) is 15.3 Å². The molecule has 0 bridgehead atoms. The molecule has 3 heterocycles. The van der Waals surface area contributed by atoms with Crippen LogP contribution in [0.1, 0.15) is 28.9 Å². The van der Waals surface area contributed by atoms with Crippen molar-refractivity contribution < 1.29 is 9.52 Å². The normalized spacial score (nSPS) is 15.3. The van der Waals surface area contributed by atoms with E-state index in [-0.39, 0.29) is 17.5 Å². The lowest BCUT2D eigenvalue weighted by Crippen LogP contribution is -2.45. The number of piperidine rings is 1. The number of anilines is 1. The van der Waals surface area contributed by atoms with Crippen LogP contribution in [0.3, 0.4) is 0 Å². The Morgan fingerprint density at radius 2 is 2.21 bits per heavy atom. The van der Waals surface area contributed by atoms with Crippen molar-refractivity contribution >= 4 is 11.9 Å². The summed E-state index contributed by atoms with van der Waals surface area (Å²) >= 11 is 0. The summed E-state index contributed by atoms with van der Waals surface area (Å²) < 4.78 is 0.608. The summed E-state index contributed by atoms with van der Waals surface area (Å²) in [5.41, 5.74) is 0.863. The SMILES string of the molecule is Cc1cc(=O)[nH]c(N2CCC(NC(=O)c3ccc[n+]([O-])c3)CC2)n1. The Kier molecular flexibility index (Phi) is 4.45. The fourth-order valence-corrected chi connectivity index (χ4v) is 2.81. The number of hydrogen-bond acceptors (Lipinski definition) is 5. The first kappa shape index (κ1) is 16.0. The van der Waals surface area contributed by atoms with Gasteiger partial charge in [-0.3, -0.25) is 14.6 Å². The molecule has 8 nitrogen and oxygen atoms in total. The molecule has 2 N–H and O–H groups in total. The molecule has 2 aromatic rings. The highest BCUT2D eigenvalue weighted by molar-refractivity contribution is 5.93. The van der Waals surface area contributed by atoms with Crippen molar-refractivity contribution in [3.63, 3.8) is 0 Å². The number of nitrogens with zero attached hydrogens (tertiary/aromatic N) is 3. The van der Waals surface area contributed by atoms with Gasteiger partial charge in [-0.2, -0.15) is 4.73 Å². The topological polar surface area (TPSA) is 105 Å². The van der Waals surface area contributed by atoms with Crippen LogP contribution >= 0.6 is 0 Å². The summed E-state index contributed by atoms with van der Waals surface area (Å²) in [5.74, 6) is 0.320. The molecule has 2 aromatic heterocycles. The number of aromatic amines is 1. The number of carbonyl (C=O) groups is 1. The summed E-state index contributed by atoms with van der Waals surface area (Å²) in [6.45, 7) is 3.16. The predicted molar refractivity (Wildman–Crippen MR) is 87.7 cm³/mol. The van der Waals surface area contributed by atoms with Crippen molar-refractivity contribution in [3.05, 3.63) is 57.4 Å². The van der Waals surface area contributed by atoms with Crippen LogP contribution in [0.25, 0.3) is 0 Å². The molecule has 0 spiro atoms. The zero-order valence-corrected chi connectivity index (χ0v) is 13.4. The third-order valence-corrected chi connectivity index (χ3v) is 4.02. The lowest BCUT2D eigenvalue weighted by molar-refractivity contribution is -0.605. The van der Waals surface area contributed by atoms with E-state index in [0.29, 0.717) is 35.0 Å². The molecule has 1 saturated heterocycles. The van der Waals surface area contributed by atoms with Crippen molar-refractivity contribution in [1.29, 1.82) is 0 Å². The van der Waals surface area contributed by atoms with E-state index in [1.165, 1.54) is 18.5 Å². The number of pyridine rings is 1. The molecular formula is C16H19N5O3. The Hall–Kier alpha value is -2.90. The molecule has 1 aliphatic heterocycles. The number of nitrogens with one attached hydrogen (secondary N) is 2. The third-order valence-electron chi connectivity index (χ3n) is 4.02. The highest BCUT2D eigenvalue weighted by atomic mass is 16.5. The number of amides is 1. The number of aryl methyl sites for hydroxylation is 1. The second-order valence-corrected chi connectivity index (χ2v) is 5.90. The fraction of sp³-hybridized carbons (Fsp3) is 0.375. The van der Waals surface area contributed by atoms with Gasteiger partial charge in [0.1, 0.15) is 5.56 Å². The molecule has 126 valence electrons. The molecule has 0 saturated carbocycles. The van der Waals surface area contributed by atoms with Gasteiger partial charge >= 0.3 is 0 Å². The molecule has 0 unspecified atom stereocenters. The molecule has 1 amide bonds. The van der Waals surface area contributed by atoms with E-state index in [0.717, 1.165) is 12.8 Å². The Bertz CT molecular complexity index is 796. The molecule has 0 radical (unpaired) electrons. The Balaban J connectivity index is 1.59. The monoisotopic (exact) mass is 329 g/mol. The first-order chi connectivity index (χ1) is 11.5. The average molecular weight is 329 g/mol. The van der Waals surface area contributed by atoms with Crippen LogP contribution < -0.4 is 20.5 Å². The van der Waals surface area contributed by atoms with E-state index in [4.69, 9.17) is 0 Å². The van der Waals surface area contributed by atoms with Crippen LogP contribution in [0.15, 0.2) is 35.4 Å². The van der Waals surface area contributed by atoms with E-state index >= 15 is 0 Å². The number of aromatic nitrogens is 3. The van der Waals surface area contributed by atoms with Gasteiger partial charge < -0.3 is 15.4 Å². The third kappa shape index (κ3) is 3.70. The van der Waals surface area contributed by atoms with Gasteiger partial charge in [0.2, 0.25) is 5.95 Å². The number of rotatable bonds is 3. The average Bonchev–Trinajstić information content (AvgIpc) is 2.54. The fourth-order valence-electron chi connectivity index (χ4n) is 2.81. The number of H-pyrrole nitrogens is 1. The molecule has 24 heavy (non-hydrogen) atoms. The van der Waals surface area contributed by atoms with Crippen LogP contribution in [0.2, 0.25) is 0 Å². The largest absolute Gasteiger partial charge is 0.619 e. The zero-order valence-electron chi connectivity index (χ0n) is 13.4. The van der Waals surface area contributed by atoms with Crippen LogP contribution in [0.5, 0.6) is 0 Å². The standard InChI is InChI=1S/C16H19N5O3/c1-11-9-14(22)19-16(17-11)20-7-4-13(5-8-20)18-15(23)12-3-2-6-21(24)10-12/h2-3,6,9-10,13H,4-5,7-8H2,1H3,(H,18,23)(H,17,19,22). The Labute approximate surface area is 138 Å². The van der Waals surface area contributed by atoms with Crippen molar-refractivity contribution in [1.82, 2.24) is 15.3 Å². The van der Waals surface area contributed by atoms with E-state index < -0.39 is 0 Å². The molecule has 0 aromatic carbocycles. The molecule has 0 aliphatic carbocycles. The summed E-state index contributed by atoms with van der Waals surface area (Å²) in [6, 6.07) is 4.65. The first-order valence-electron chi connectivity index (χ1n) is 7.84. The molecule has 0 atom stereocenters. The summed E-state index contributed by atoms with van der Waals surface area (Å²) in [5, 5.41) is 14.2. The highest BCUT2D eigenvalue weighted by Crippen LogP contribution is 2.15. The van der Waals surface area contributed by atoms with Gasteiger partial charge in [0.25, 0.3) is 11.5 Å². The van der Waals surface area contributed by atoms with Gasteiger partial charge in [-0.05, 0) is 25.8 Å². The van der Waals surface area contributed by atoms with Gasteiger partial charge in [0.15, 0.2) is 12.4 Å². The van der Waals surface area contributed by atoms with Crippen LogP contribution in [-0.4, -0.2) is 35.0 Å². The maximum atomic E-state index is 12.2. The quantitative estimate of drug-likeness (QED) is 0.614. The summed E-state index contributed by atoms with van der Waals surface area (Å²) in [7, 11) is 0. The van der Waals surface area contributed by atoms with Gasteiger partial charge in [0, 0.05) is 37.0 Å². The van der Waals surface area contributed by atoms with Gasteiger partial charge in [-0.1, -0.05) is 0 Å². The second-order valence-electron chi connectivity index (χ2n) is 5.90. The van der Waals surface area contributed by atoms with E-state index in [1.807, 2.05) is 4.90 Å². The highest BCUT2D eigenvalue weighted by Gasteiger charge is 2.23. The Morgan fingerprint density at radius 1 is 1.46 bits per heavy atom. The van der Waals surface area contributed by atoms with Crippen molar-refractivity contribution in [3.8, 4) is 0 Å². The molecular weight excluding hydrogens is 310 g/mol. The predicted octanol–water partition coefficient (Wildman–Crippen LogP) is 0.111. The van der Waals surface area contributed by atoms with Gasteiger partial charge in [-0.15, -0.1) is 0 Å². The van der Waals surface area contributed by atoms with E-state index in [9.17, 15) is 14.8 Å². The van der Waals surface area contributed by atoms with Crippen molar-refractivity contribution in [2.45, 2.75) is 25.8 Å². The van der Waals surface area contributed by atoms with E-state index in [1.54, 1.807) is 19.1 Å². The molecule has 8 heteroatoms. The van der Waals surface area contributed by atoms with Crippen molar-refractivity contribution in [2.24, 2.45) is 0 Å². The molecule has 1 aliphatic rings. The zero-order chi connectivity index (χ0) is 17.1. The minimum Gasteiger partial charge on any atom is -0.619 e. The lowest BCUT2D eigenvalue weighted by atomic mass is 10.0. The summed E-state index contributed by atoms with van der Waals surface area (Å²) in [6.07, 6.45) is 4.08. The van der Waals surface area contributed by atoms with Gasteiger partial charge in [-0.25, -0.2) is 4.98 Å². The minimum absolute atomic E-state index is 0.0330. The van der Waals surface area contributed by atoms with Crippen LogP contribution in [0.4, 0.5) is 5.95 Å². The minimum atomic E-state index is -0.249. The first-order valence-corrected chi connectivity index (χ1v) is 7.84. The Morgan fingerprint density at radius 3 is 2.88 bits per heavy atom. The maximum absolute atomic E-state index is 12.2. The van der Waals surface area contributed by atoms with Crippen LogP contribution in [-0.2, 0) is 0 Å². The molecule has 1 fully saturated rings. The molecule has 3 rings (SSSR count). The second kappa shape index (κ2) is 6.69. The van der Waals surface area contributed by atoms with Crippen molar-refractivity contribution in [2.75, 3.05) is 18.0 Å². The lowest BCUT2D eigenvalue weighted by Gasteiger charge is -2.32. The maximum Gasteiger partial charge on any atom is 0.257 e. The summed E-state index contributed by atoms with van der Waals surface area (Å²) in [4.78, 5) is 32.8. The number of carbonyl (C=O) groups excluding carboxylic acids is 1. The van der Waals surface area contributed by atoms with Crippen LogP contribution in [0, 0.1) is 12.1 Å². The van der Waals surface area contributed by atoms with Gasteiger partial charge in [0.05, 0.1) is 0 Å². The smallest absolute Gasteiger partial charge is 0.257 e. The number of hydrogen-bond donors (Lipinski definition) is 2.